The number of rotatable bonds is 11. The predicted molar refractivity (Wildman–Crippen MR) is 140 cm³/mol. The van der Waals surface area contributed by atoms with E-state index in [0.717, 1.165) is 5.56 Å². The number of pyridine rings is 1. The van der Waals surface area contributed by atoms with Crippen molar-refractivity contribution in [2.75, 3.05) is 48.4 Å². The number of hydrogen-bond donors (Lipinski definition) is 4. The number of nitrogens with zero attached hydrogens (tertiary/aromatic N) is 4. The SMILES string of the molecule is CC.CCOCCNc1c(Nc2cc(C)ccn2)nc(N2CCC(C(=O)O)CC2)nc1C(=N)CC. The lowest BCUT2D eigenvalue weighted by atomic mass is 9.97. The molecule has 0 saturated carbocycles. The van der Waals surface area contributed by atoms with Crippen LogP contribution in [0.1, 0.15) is 58.2 Å². The lowest BCUT2D eigenvalue weighted by molar-refractivity contribution is -0.142. The van der Waals surface area contributed by atoms with Crippen LogP contribution in [0.2, 0.25) is 0 Å². The maximum atomic E-state index is 11.3. The van der Waals surface area contributed by atoms with Crippen LogP contribution in [0.4, 0.5) is 23.3 Å². The Morgan fingerprint density at radius 3 is 2.57 bits per heavy atom. The van der Waals surface area contributed by atoms with Gasteiger partial charge >= 0.3 is 5.97 Å². The molecule has 0 amide bonds. The van der Waals surface area contributed by atoms with Gasteiger partial charge in [0.15, 0.2) is 5.82 Å². The monoisotopic (exact) mass is 485 g/mol. The smallest absolute Gasteiger partial charge is 0.306 e. The van der Waals surface area contributed by atoms with Crippen molar-refractivity contribution in [1.29, 1.82) is 5.41 Å². The van der Waals surface area contributed by atoms with Crippen LogP contribution in [0.3, 0.4) is 0 Å². The van der Waals surface area contributed by atoms with Crippen LogP contribution < -0.4 is 15.5 Å². The first-order valence-corrected chi connectivity index (χ1v) is 12.4. The quantitative estimate of drug-likeness (QED) is 0.268. The van der Waals surface area contributed by atoms with Crippen LogP contribution in [0, 0.1) is 18.3 Å². The first-order chi connectivity index (χ1) is 16.9. The van der Waals surface area contributed by atoms with Gasteiger partial charge in [-0.25, -0.2) is 9.97 Å². The number of aromatic nitrogens is 3. The summed E-state index contributed by atoms with van der Waals surface area (Å²) >= 11 is 0. The lowest BCUT2D eigenvalue weighted by Crippen LogP contribution is -2.37. The standard InChI is InChI=1S/C23H33N7O3.C2H6/c1-4-17(24)19-20(26-10-13-33-5-2)21(27-18-14-15(3)6-9-25-18)29-23(28-19)30-11-7-16(8-12-30)22(31)32;1-2/h6,9,14,16,24,26H,4-5,7-8,10-13H2,1-3H3,(H,31,32)(H,25,27,28,29);1-2H3. The molecular weight excluding hydrogens is 446 g/mol. The van der Waals surface area contributed by atoms with E-state index in [4.69, 9.17) is 20.1 Å². The third kappa shape index (κ3) is 7.88. The zero-order valence-corrected chi connectivity index (χ0v) is 21.5. The van der Waals surface area contributed by atoms with Gasteiger partial charge in [-0.2, -0.15) is 4.98 Å². The van der Waals surface area contributed by atoms with Crippen molar-refractivity contribution in [1.82, 2.24) is 15.0 Å². The van der Waals surface area contributed by atoms with Crippen molar-refractivity contribution in [2.24, 2.45) is 5.92 Å². The third-order valence-corrected chi connectivity index (χ3v) is 5.58. The number of piperidine rings is 1. The van der Waals surface area contributed by atoms with Gasteiger partial charge in [0.2, 0.25) is 5.95 Å². The molecular formula is C25H39N7O3. The zero-order chi connectivity index (χ0) is 25.8. The molecule has 1 aliphatic heterocycles. The summed E-state index contributed by atoms with van der Waals surface area (Å²) in [5, 5.41) is 24.5. The Morgan fingerprint density at radius 2 is 1.97 bits per heavy atom. The molecule has 1 fully saturated rings. The van der Waals surface area contributed by atoms with E-state index in [1.807, 2.05) is 51.7 Å². The van der Waals surface area contributed by atoms with E-state index in [1.54, 1.807) is 6.20 Å². The van der Waals surface area contributed by atoms with Crippen LogP contribution >= 0.6 is 0 Å². The van der Waals surface area contributed by atoms with Crippen LogP contribution in [0.5, 0.6) is 0 Å². The first kappa shape index (κ1) is 28.0. The van der Waals surface area contributed by atoms with Crippen molar-refractivity contribution >= 4 is 35.0 Å². The van der Waals surface area contributed by atoms with Gasteiger partial charge in [0, 0.05) is 32.4 Å². The Labute approximate surface area is 208 Å². The van der Waals surface area contributed by atoms with Gasteiger partial charge in [0.05, 0.1) is 18.2 Å². The fraction of sp³-hybridized carbons (Fsp3) is 0.560. The molecule has 2 aromatic heterocycles. The normalized spacial score (nSPS) is 13.6. The van der Waals surface area contributed by atoms with Gasteiger partial charge < -0.3 is 30.8 Å². The summed E-state index contributed by atoms with van der Waals surface area (Å²) in [5.74, 6) is 0.556. The Kier molecular flexibility index (Phi) is 11.4. The summed E-state index contributed by atoms with van der Waals surface area (Å²) in [7, 11) is 0. The number of aryl methyl sites for hydroxylation is 1. The number of carboxylic acids is 1. The molecule has 3 rings (SSSR count). The van der Waals surface area contributed by atoms with Gasteiger partial charge in [-0.05, 0) is 50.8 Å². The average molecular weight is 486 g/mol. The highest BCUT2D eigenvalue weighted by Crippen LogP contribution is 2.31. The van der Waals surface area contributed by atoms with Gasteiger partial charge in [-0.1, -0.05) is 20.8 Å². The minimum absolute atomic E-state index is 0.344. The van der Waals surface area contributed by atoms with Gasteiger partial charge in [-0.15, -0.1) is 0 Å². The van der Waals surface area contributed by atoms with E-state index in [9.17, 15) is 9.90 Å². The zero-order valence-electron chi connectivity index (χ0n) is 21.5. The molecule has 1 saturated heterocycles. The van der Waals surface area contributed by atoms with Crippen molar-refractivity contribution < 1.29 is 14.6 Å². The molecule has 35 heavy (non-hydrogen) atoms. The second-order valence-corrected chi connectivity index (χ2v) is 7.99. The average Bonchev–Trinajstić information content (AvgIpc) is 2.87. The minimum Gasteiger partial charge on any atom is -0.481 e. The maximum Gasteiger partial charge on any atom is 0.306 e. The summed E-state index contributed by atoms with van der Waals surface area (Å²) in [6, 6.07) is 3.84. The number of hydrogen-bond acceptors (Lipinski definition) is 9. The molecule has 0 bridgehead atoms. The van der Waals surface area contributed by atoms with Crippen LogP contribution in [0.15, 0.2) is 18.3 Å². The van der Waals surface area contributed by atoms with Crippen molar-refractivity contribution in [3.63, 3.8) is 0 Å². The molecule has 10 nitrogen and oxygen atoms in total. The summed E-state index contributed by atoms with van der Waals surface area (Å²) in [6.07, 6.45) is 3.32. The van der Waals surface area contributed by atoms with E-state index >= 15 is 0 Å². The number of aliphatic carboxylic acids is 1. The fourth-order valence-corrected chi connectivity index (χ4v) is 3.68. The van der Waals surface area contributed by atoms with Gasteiger partial charge in [0.25, 0.3) is 0 Å². The molecule has 4 N–H and O–H groups in total. The second-order valence-electron chi connectivity index (χ2n) is 7.99. The molecule has 0 unspecified atom stereocenters. The Morgan fingerprint density at radius 1 is 1.26 bits per heavy atom. The predicted octanol–water partition coefficient (Wildman–Crippen LogP) is 4.48. The molecule has 192 valence electrons. The molecule has 2 aromatic rings. The van der Waals surface area contributed by atoms with Crippen molar-refractivity contribution in [3.05, 3.63) is 29.6 Å². The highest BCUT2D eigenvalue weighted by Gasteiger charge is 2.27. The summed E-state index contributed by atoms with van der Waals surface area (Å²) < 4.78 is 5.46. The van der Waals surface area contributed by atoms with Gasteiger partial charge in [0.1, 0.15) is 17.2 Å². The van der Waals surface area contributed by atoms with Crippen LogP contribution in [-0.4, -0.2) is 64.6 Å². The Hall–Kier alpha value is -3.27. The molecule has 0 spiro atoms. The maximum absolute atomic E-state index is 11.3. The number of carbonyl (C=O) groups is 1. The molecule has 0 aliphatic carbocycles. The molecule has 3 heterocycles. The van der Waals surface area contributed by atoms with E-state index < -0.39 is 5.97 Å². The Balaban J connectivity index is 0.00000210. The van der Waals surface area contributed by atoms with Crippen LogP contribution in [-0.2, 0) is 9.53 Å². The van der Waals surface area contributed by atoms with Crippen molar-refractivity contribution in [2.45, 2.75) is 53.9 Å². The molecule has 0 radical (unpaired) electrons. The highest BCUT2D eigenvalue weighted by atomic mass is 16.5. The number of nitrogens with one attached hydrogen (secondary N) is 3. The number of anilines is 4. The Bertz CT molecular complexity index is 976. The largest absolute Gasteiger partial charge is 0.481 e. The second kappa shape index (κ2) is 14.2. The molecule has 0 atom stereocenters. The van der Waals surface area contributed by atoms with E-state index in [-0.39, 0.29) is 5.92 Å². The van der Waals surface area contributed by atoms with E-state index in [2.05, 4.69) is 15.6 Å². The lowest BCUT2D eigenvalue weighted by Gasteiger charge is -2.31. The van der Waals surface area contributed by atoms with Gasteiger partial charge in [-0.3, -0.25) is 4.79 Å². The molecule has 0 aromatic carbocycles. The molecule has 10 heteroatoms. The first-order valence-electron chi connectivity index (χ1n) is 12.4. The topological polar surface area (TPSA) is 136 Å². The summed E-state index contributed by atoms with van der Waals surface area (Å²) in [4.78, 5) is 27.2. The highest BCUT2D eigenvalue weighted by molar-refractivity contribution is 6.03. The van der Waals surface area contributed by atoms with Crippen molar-refractivity contribution in [3.8, 4) is 0 Å². The van der Waals surface area contributed by atoms with E-state index in [1.165, 1.54) is 0 Å². The summed E-state index contributed by atoms with van der Waals surface area (Å²) in [6.45, 7) is 12.6. The minimum atomic E-state index is -0.759. The fourth-order valence-electron chi connectivity index (χ4n) is 3.68. The van der Waals surface area contributed by atoms with Crippen LogP contribution in [0.25, 0.3) is 0 Å². The third-order valence-electron chi connectivity index (χ3n) is 5.58. The molecule has 1 aliphatic rings. The number of carboxylic acid groups (broad SMARTS) is 1. The van der Waals surface area contributed by atoms with E-state index in [0.29, 0.717) is 86.8 Å². The summed E-state index contributed by atoms with van der Waals surface area (Å²) in [5.41, 5.74) is 2.60. The number of ether oxygens (including phenoxy) is 1.